The van der Waals surface area contributed by atoms with Crippen LogP contribution in [0.15, 0.2) is 54.6 Å². The van der Waals surface area contributed by atoms with Gasteiger partial charge in [-0.2, -0.15) is 0 Å². The zero-order valence-electron chi connectivity index (χ0n) is 19.5. The fourth-order valence-corrected chi connectivity index (χ4v) is 3.62. The number of hydrogen-bond acceptors (Lipinski definition) is 5. The van der Waals surface area contributed by atoms with Crippen LogP contribution in [0.3, 0.4) is 0 Å². The van der Waals surface area contributed by atoms with Crippen molar-refractivity contribution < 1.29 is 23.8 Å². The summed E-state index contributed by atoms with van der Waals surface area (Å²) in [6, 6.07) is 16.8. The molecule has 0 saturated carbocycles. The predicted octanol–water partition coefficient (Wildman–Crippen LogP) is 4.42. The van der Waals surface area contributed by atoms with Crippen molar-refractivity contribution in [3.63, 3.8) is 0 Å². The van der Waals surface area contributed by atoms with E-state index >= 15 is 0 Å². The van der Waals surface area contributed by atoms with Crippen LogP contribution in [0.2, 0.25) is 0 Å². The molecule has 0 spiro atoms. The maximum Gasteiger partial charge on any atom is 0.340 e. The molecule has 0 aliphatic rings. The number of aromatic amines is 1. The summed E-state index contributed by atoms with van der Waals surface area (Å²) < 4.78 is 16.1. The Kier molecular flexibility index (Phi) is 8.13. The number of nitrogens with zero attached hydrogens (tertiary/aromatic N) is 1. The average Bonchev–Trinajstić information content (AvgIpc) is 3.10. The van der Waals surface area contributed by atoms with Crippen molar-refractivity contribution >= 4 is 11.9 Å². The summed E-state index contributed by atoms with van der Waals surface area (Å²) in [6.45, 7) is 6.40. The van der Waals surface area contributed by atoms with E-state index < -0.39 is 0 Å². The molecule has 174 valence electrons. The molecule has 1 N–H and O–H groups in total. The molecule has 0 unspecified atom stereocenters. The lowest BCUT2D eigenvalue weighted by Crippen LogP contribution is -2.34. The van der Waals surface area contributed by atoms with Gasteiger partial charge in [-0.25, -0.2) is 4.79 Å². The van der Waals surface area contributed by atoms with Gasteiger partial charge in [0.25, 0.3) is 5.91 Å². The number of aromatic nitrogens is 1. The largest absolute Gasteiger partial charge is 0.497 e. The van der Waals surface area contributed by atoms with Crippen LogP contribution in [-0.2, 0) is 22.6 Å². The first kappa shape index (κ1) is 23.9. The quantitative estimate of drug-likeness (QED) is 0.463. The third-order valence-corrected chi connectivity index (χ3v) is 5.36. The molecule has 33 heavy (non-hydrogen) atoms. The molecule has 0 aliphatic carbocycles. The SMILES string of the molecule is CCOC(=O)c1c(C)[nH]c(CN(Cc2ccccc2)C(=O)COc2ccc(OC)cc2)c1C. The fourth-order valence-electron chi connectivity index (χ4n) is 3.62. The van der Waals surface area contributed by atoms with E-state index in [4.69, 9.17) is 14.2 Å². The second-order valence-electron chi connectivity index (χ2n) is 7.65. The molecule has 0 fully saturated rings. The summed E-state index contributed by atoms with van der Waals surface area (Å²) in [4.78, 5) is 30.5. The van der Waals surface area contributed by atoms with Gasteiger partial charge in [0.1, 0.15) is 11.5 Å². The van der Waals surface area contributed by atoms with E-state index in [1.54, 1.807) is 43.2 Å². The Morgan fingerprint density at radius 1 is 0.939 bits per heavy atom. The van der Waals surface area contributed by atoms with Crippen molar-refractivity contribution in [3.8, 4) is 11.5 Å². The molecule has 1 heterocycles. The molecule has 0 aliphatic heterocycles. The Morgan fingerprint density at radius 2 is 1.61 bits per heavy atom. The number of amides is 1. The normalized spacial score (nSPS) is 10.5. The number of esters is 1. The number of H-pyrrole nitrogens is 1. The van der Waals surface area contributed by atoms with Crippen LogP contribution in [0.1, 0.15) is 39.8 Å². The average molecular weight is 451 g/mol. The second kappa shape index (κ2) is 11.2. The molecule has 3 aromatic rings. The number of nitrogens with one attached hydrogen (secondary N) is 1. The lowest BCUT2D eigenvalue weighted by atomic mass is 10.1. The standard InChI is InChI=1S/C26H30N2O5/c1-5-32-26(30)25-18(2)23(27-19(25)3)16-28(15-20-9-7-6-8-10-20)24(29)17-33-22-13-11-21(31-4)12-14-22/h6-14,27H,5,15-17H2,1-4H3. The molecular formula is C26H30N2O5. The molecule has 1 aromatic heterocycles. The van der Waals surface area contributed by atoms with E-state index in [9.17, 15) is 9.59 Å². The second-order valence-corrected chi connectivity index (χ2v) is 7.65. The summed E-state index contributed by atoms with van der Waals surface area (Å²) >= 11 is 0. The smallest absolute Gasteiger partial charge is 0.340 e. The number of carbonyl (C=O) groups excluding carboxylic acids is 2. The molecular weight excluding hydrogens is 420 g/mol. The van der Waals surface area contributed by atoms with E-state index in [1.165, 1.54) is 0 Å². The zero-order valence-corrected chi connectivity index (χ0v) is 19.5. The van der Waals surface area contributed by atoms with Crippen molar-refractivity contribution in [2.45, 2.75) is 33.9 Å². The van der Waals surface area contributed by atoms with E-state index in [2.05, 4.69) is 4.98 Å². The van der Waals surface area contributed by atoms with E-state index in [0.29, 0.717) is 31.0 Å². The van der Waals surface area contributed by atoms with Crippen LogP contribution in [0.4, 0.5) is 0 Å². The van der Waals surface area contributed by atoms with Crippen molar-refractivity contribution in [1.29, 1.82) is 0 Å². The molecule has 0 saturated heterocycles. The van der Waals surface area contributed by atoms with Crippen LogP contribution in [0.25, 0.3) is 0 Å². The zero-order chi connectivity index (χ0) is 23.8. The molecule has 2 aromatic carbocycles. The Hall–Kier alpha value is -3.74. The number of aryl methyl sites for hydroxylation is 1. The first-order chi connectivity index (χ1) is 15.9. The van der Waals surface area contributed by atoms with Gasteiger partial charge in [0.15, 0.2) is 6.61 Å². The van der Waals surface area contributed by atoms with Crippen LogP contribution in [-0.4, -0.2) is 42.1 Å². The highest BCUT2D eigenvalue weighted by molar-refractivity contribution is 5.92. The Balaban J connectivity index is 1.78. The van der Waals surface area contributed by atoms with Crippen LogP contribution < -0.4 is 9.47 Å². The molecule has 3 rings (SSSR count). The van der Waals surface area contributed by atoms with E-state index in [1.807, 2.05) is 44.2 Å². The van der Waals surface area contributed by atoms with Crippen LogP contribution >= 0.6 is 0 Å². The van der Waals surface area contributed by atoms with Gasteiger partial charge >= 0.3 is 5.97 Å². The minimum atomic E-state index is -0.362. The third-order valence-electron chi connectivity index (χ3n) is 5.36. The highest BCUT2D eigenvalue weighted by atomic mass is 16.5. The molecule has 0 radical (unpaired) electrons. The Morgan fingerprint density at radius 3 is 2.24 bits per heavy atom. The van der Waals surface area contributed by atoms with Crippen molar-refractivity contribution in [2.75, 3.05) is 20.3 Å². The first-order valence-corrected chi connectivity index (χ1v) is 10.9. The number of hydrogen-bond donors (Lipinski definition) is 1. The summed E-state index contributed by atoms with van der Waals surface area (Å²) in [5, 5.41) is 0. The van der Waals surface area contributed by atoms with Gasteiger partial charge in [0, 0.05) is 17.9 Å². The highest BCUT2D eigenvalue weighted by Crippen LogP contribution is 2.22. The topological polar surface area (TPSA) is 80.9 Å². The van der Waals surface area contributed by atoms with Crippen molar-refractivity contribution in [3.05, 3.63) is 82.7 Å². The summed E-state index contributed by atoms with van der Waals surface area (Å²) in [7, 11) is 1.60. The van der Waals surface area contributed by atoms with Gasteiger partial charge in [-0.05, 0) is 56.2 Å². The molecule has 7 nitrogen and oxygen atoms in total. The lowest BCUT2D eigenvalue weighted by molar-refractivity contribution is -0.134. The maximum atomic E-state index is 13.2. The summed E-state index contributed by atoms with van der Waals surface area (Å²) in [6.07, 6.45) is 0. The molecule has 1 amide bonds. The van der Waals surface area contributed by atoms with Gasteiger partial charge in [-0.3, -0.25) is 4.79 Å². The molecule has 0 bridgehead atoms. The highest BCUT2D eigenvalue weighted by Gasteiger charge is 2.23. The first-order valence-electron chi connectivity index (χ1n) is 10.9. The maximum absolute atomic E-state index is 13.2. The summed E-state index contributed by atoms with van der Waals surface area (Å²) in [5.74, 6) is 0.771. The summed E-state index contributed by atoms with van der Waals surface area (Å²) in [5.41, 5.74) is 3.83. The van der Waals surface area contributed by atoms with Gasteiger partial charge in [0.2, 0.25) is 0 Å². The predicted molar refractivity (Wildman–Crippen MR) is 125 cm³/mol. The fraction of sp³-hybridized carbons (Fsp3) is 0.308. The van der Waals surface area contributed by atoms with Gasteiger partial charge in [-0.1, -0.05) is 30.3 Å². The Labute approximate surface area is 194 Å². The van der Waals surface area contributed by atoms with Crippen molar-refractivity contribution in [2.24, 2.45) is 0 Å². The lowest BCUT2D eigenvalue weighted by Gasteiger charge is -2.23. The van der Waals surface area contributed by atoms with Crippen LogP contribution in [0, 0.1) is 13.8 Å². The van der Waals surface area contributed by atoms with Crippen LogP contribution in [0.5, 0.6) is 11.5 Å². The minimum Gasteiger partial charge on any atom is -0.497 e. The van der Waals surface area contributed by atoms with Crippen molar-refractivity contribution in [1.82, 2.24) is 9.88 Å². The number of methoxy groups -OCH3 is 1. The number of rotatable bonds is 10. The van der Waals surface area contributed by atoms with Gasteiger partial charge < -0.3 is 24.1 Å². The minimum absolute atomic E-state index is 0.108. The third kappa shape index (κ3) is 6.16. The van der Waals surface area contributed by atoms with Gasteiger partial charge in [0.05, 0.1) is 25.8 Å². The van der Waals surface area contributed by atoms with E-state index in [0.717, 1.165) is 28.3 Å². The molecule has 0 atom stereocenters. The molecule has 7 heteroatoms. The van der Waals surface area contributed by atoms with Gasteiger partial charge in [-0.15, -0.1) is 0 Å². The number of benzene rings is 2. The monoisotopic (exact) mass is 450 g/mol. The number of carbonyl (C=O) groups is 2. The Bertz CT molecular complexity index is 1070. The number of ether oxygens (including phenoxy) is 3. The van der Waals surface area contributed by atoms with E-state index in [-0.39, 0.29) is 18.5 Å².